The number of aromatic amines is 1. The Bertz CT molecular complexity index is 592. The summed E-state index contributed by atoms with van der Waals surface area (Å²) in [6, 6.07) is 1.59. The second kappa shape index (κ2) is 7.42. The molecule has 2 heterocycles. The highest BCUT2D eigenvalue weighted by molar-refractivity contribution is 7.08. The Kier molecular flexibility index (Phi) is 5.57. The fourth-order valence-corrected chi connectivity index (χ4v) is 2.88. The fourth-order valence-electron chi connectivity index (χ4n) is 2.10. The van der Waals surface area contributed by atoms with E-state index in [1.807, 2.05) is 29.9 Å². The standard InChI is InChI=1S/C15H22N4O2S/c1-11-12(8-18-19-11)4-3-6-16-14(20)17-10-15(2,21)13-5-7-22-9-13/h5,7-9,21H,3-4,6,10H2,1-2H3,(H,18,19)(H2,16,17,20). The molecule has 0 saturated carbocycles. The van der Waals surface area contributed by atoms with E-state index in [9.17, 15) is 9.90 Å². The van der Waals surface area contributed by atoms with E-state index < -0.39 is 5.60 Å². The number of urea groups is 1. The molecule has 2 amide bonds. The highest BCUT2D eigenvalue weighted by atomic mass is 32.1. The predicted molar refractivity (Wildman–Crippen MR) is 86.9 cm³/mol. The zero-order valence-corrected chi connectivity index (χ0v) is 13.7. The molecule has 22 heavy (non-hydrogen) atoms. The highest BCUT2D eigenvalue weighted by Gasteiger charge is 2.23. The van der Waals surface area contributed by atoms with Crippen LogP contribution in [0.25, 0.3) is 0 Å². The zero-order valence-electron chi connectivity index (χ0n) is 12.8. The summed E-state index contributed by atoms with van der Waals surface area (Å²) in [7, 11) is 0. The lowest BCUT2D eigenvalue weighted by atomic mass is 9.99. The van der Waals surface area contributed by atoms with Gasteiger partial charge in [-0.25, -0.2) is 4.79 Å². The molecule has 0 fully saturated rings. The lowest BCUT2D eigenvalue weighted by Gasteiger charge is -2.22. The predicted octanol–water partition coefficient (Wildman–Crippen LogP) is 1.92. The number of nitrogens with zero attached hydrogens (tertiary/aromatic N) is 1. The van der Waals surface area contributed by atoms with E-state index in [1.165, 1.54) is 16.9 Å². The average Bonchev–Trinajstić information content (AvgIpc) is 3.14. The van der Waals surface area contributed by atoms with E-state index in [2.05, 4.69) is 20.8 Å². The lowest BCUT2D eigenvalue weighted by molar-refractivity contribution is 0.0598. The van der Waals surface area contributed by atoms with Gasteiger partial charge in [0.05, 0.1) is 12.7 Å². The molecule has 0 aliphatic carbocycles. The van der Waals surface area contributed by atoms with Crippen LogP contribution in [0.5, 0.6) is 0 Å². The van der Waals surface area contributed by atoms with Crippen molar-refractivity contribution >= 4 is 17.4 Å². The molecule has 7 heteroatoms. The number of hydrogen-bond acceptors (Lipinski definition) is 4. The molecule has 0 aliphatic heterocycles. The van der Waals surface area contributed by atoms with Crippen LogP contribution in [0, 0.1) is 6.92 Å². The molecule has 4 N–H and O–H groups in total. The summed E-state index contributed by atoms with van der Waals surface area (Å²) in [4.78, 5) is 11.7. The third-order valence-electron chi connectivity index (χ3n) is 3.58. The molecule has 2 aromatic heterocycles. The lowest BCUT2D eigenvalue weighted by Crippen LogP contribution is -2.43. The smallest absolute Gasteiger partial charge is 0.314 e. The first kappa shape index (κ1) is 16.5. The summed E-state index contributed by atoms with van der Waals surface area (Å²) in [6.45, 7) is 4.43. The van der Waals surface area contributed by atoms with Crippen molar-refractivity contribution in [2.75, 3.05) is 13.1 Å². The molecule has 0 bridgehead atoms. The van der Waals surface area contributed by atoms with Gasteiger partial charge >= 0.3 is 6.03 Å². The van der Waals surface area contributed by atoms with Crippen LogP contribution in [0.4, 0.5) is 4.79 Å². The van der Waals surface area contributed by atoms with Crippen LogP contribution in [-0.4, -0.2) is 34.4 Å². The number of carbonyl (C=O) groups excluding carboxylic acids is 1. The molecule has 2 rings (SSSR count). The van der Waals surface area contributed by atoms with Crippen molar-refractivity contribution in [1.29, 1.82) is 0 Å². The number of aliphatic hydroxyl groups is 1. The van der Waals surface area contributed by atoms with Crippen molar-refractivity contribution in [2.24, 2.45) is 0 Å². The molecule has 0 aliphatic rings. The molecular formula is C15H22N4O2S. The molecule has 0 radical (unpaired) electrons. The van der Waals surface area contributed by atoms with Crippen molar-refractivity contribution in [3.05, 3.63) is 39.8 Å². The van der Waals surface area contributed by atoms with Gasteiger partial charge in [-0.05, 0) is 54.6 Å². The van der Waals surface area contributed by atoms with E-state index in [0.29, 0.717) is 6.54 Å². The Morgan fingerprint density at radius 3 is 2.95 bits per heavy atom. The minimum absolute atomic E-state index is 0.177. The van der Waals surface area contributed by atoms with Crippen molar-refractivity contribution in [2.45, 2.75) is 32.3 Å². The Morgan fingerprint density at radius 2 is 2.32 bits per heavy atom. The Labute approximate surface area is 134 Å². The first-order valence-corrected chi connectivity index (χ1v) is 8.19. The quantitative estimate of drug-likeness (QED) is 0.587. The van der Waals surface area contributed by atoms with Gasteiger partial charge < -0.3 is 15.7 Å². The summed E-state index contributed by atoms with van der Waals surface area (Å²) in [5, 5.41) is 26.4. The van der Waals surface area contributed by atoms with Gasteiger partial charge in [-0.1, -0.05) is 0 Å². The number of hydrogen-bond donors (Lipinski definition) is 4. The second-order valence-electron chi connectivity index (χ2n) is 5.52. The number of nitrogens with one attached hydrogen (secondary N) is 3. The van der Waals surface area contributed by atoms with E-state index >= 15 is 0 Å². The van der Waals surface area contributed by atoms with E-state index in [0.717, 1.165) is 24.1 Å². The third kappa shape index (κ3) is 4.57. The minimum atomic E-state index is -1.05. The first-order valence-electron chi connectivity index (χ1n) is 7.24. The van der Waals surface area contributed by atoms with E-state index in [1.54, 1.807) is 6.92 Å². The van der Waals surface area contributed by atoms with Crippen LogP contribution < -0.4 is 10.6 Å². The van der Waals surface area contributed by atoms with Crippen molar-refractivity contribution in [1.82, 2.24) is 20.8 Å². The summed E-state index contributed by atoms with van der Waals surface area (Å²) < 4.78 is 0. The van der Waals surface area contributed by atoms with Gasteiger partial charge in [0, 0.05) is 12.2 Å². The summed E-state index contributed by atoms with van der Waals surface area (Å²) in [5.74, 6) is 0. The molecule has 2 aromatic rings. The minimum Gasteiger partial charge on any atom is -0.384 e. The summed E-state index contributed by atoms with van der Waals surface area (Å²) in [6.07, 6.45) is 3.53. The van der Waals surface area contributed by atoms with Crippen molar-refractivity contribution < 1.29 is 9.90 Å². The van der Waals surface area contributed by atoms with Crippen molar-refractivity contribution in [3.8, 4) is 0 Å². The average molecular weight is 322 g/mol. The first-order chi connectivity index (χ1) is 10.5. The molecule has 0 saturated heterocycles. The van der Waals surface area contributed by atoms with Crippen LogP contribution in [0.3, 0.4) is 0 Å². The third-order valence-corrected chi connectivity index (χ3v) is 4.26. The maximum absolute atomic E-state index is 11.7. The number of aromatic nitrogens is 2. The largest absolute Gasteiger partial charge is 0.384 e. The number of carbonyl (C=O) groups is 1. The zero-order chi connectivity index (χ0) is 16.0. The number of aryl methyl sites for hydroxylation is 2. The normalized spacial score (nSPS) is 13.6. The van der Waals surface area contributed by atoms with Gasteiger partial charge in [0.2, 0.25) is 0 Å². The maximum atomic E-state index is 11.7. The van der Waals surface area contributed by atoms with Crippen LogP contribution in [0.15, 0.2) is 23.0 Å². The SMILES string of the molecule is Cc1[nH]ncc1CCCNC(=O)NCC(C)(O)c1ccsc1. The molecule has 0 spiro atoms. The topological polar surface area (TPSA) is 90.0 Å². The summed E-state index contributed by atoms with van der Waals surface area (Å²) >= 11 is 1.52. The maximum Gasteiger partial charge on any atom is 0.314 e. The highest BCUT2D eigenvalue weighted by Crippen LogP contribution is 2.21. The van der Waals surface area contributed by atoms with Gasteiger partial charge in [-0.3, -0.25) is 5.10 Å². The number of rotatable bonds is 7. The van der Waals surface area contributed by atoms with Gasteiger partial charge in [0.25, 0.3) is 0 Å². The number of thiophene rings is 1. The van der Waals surface area contributed by atoms with Crippen molar-refractivity contribution in [3.63, 3.8) is 0 Å². The fraction of sp³-hybridized carbons (Fsp3) is 0.467. The number of H-pyrrole nitrogens is 1. The van der Waals surface area contributed by atoms with Gasteiger partial charge in [0.1, 0.15) is 5.60 Å². The Morgan fingerprint density at radius 1 is 1.50 bits per heavy atom. The monoisotopic (exact) mass is 322 g/mol. The molecular weight excluding hydrogens is 300 g/mol. The van der Waals surface area contributed by atoms with E-state index in [-0.39, 0.29) is 12.6 Å². The summed E-state index contributed by atoms with van der Waals surface area (Å²) in [5.41, 5.74) is 2.00. The van der Waals surface area contributed by atoms with Gasteiger partial charge in [-0.2, -0.15) is 16.4 Å². The molecule has 1 atom stereocenters. The van der Waals surface area contributed by atoms with E-state index in [4.69, 9.17) is 0 Å². The van der Waals surface area contributed by atoms with Crippen LogP contribution >= 0.6 is 11.3 Å². The van der Waals surface area contributed by atoms with Crippen LogP contribution in [0.1, 0.15) is 30.2 Å². The molecule has 1 unspecified atom stereocenters. The number of amides is 2. The molecule has 6 nitrogen and oxygen atoms in total. The van der Waals surface area contributed by atoms with Gasteiger partial charge in [0.15, 0.2) is 0 Å². The van der Waals surface area contributed by atoms with Crippen LogP contribution in [-0.2, 0) is 12.0 Å². The Hall–Kier alpha value is -1.86. The Balaban J connectivity index is 1.65. The molecule has 0 aromatic carbocycles. The molecule has 120 valence electrons. The van der Waals surface area contributed by atoms with Gasteiger partial charge in [-0.15, -0.1) is 0 Å². The van der Waals surface area contributed by atoms with Crippen LogP contribution in [0.2, 0.25) is 0 Å². The second-order valence-corrected chi connectivity index (χ2v) is 6.30.